The second-order valence-electron chi connectivity index (χ2n) is 4.94. The molecule has 0 aromatic rings. The van der Waals surface area contributed by atoms with E-state index < -0.39 is 0 Å². The van der Waals surface area contributed by atoms with Crippen molar-refractivity contribution in [2.45, 2.75) is 57.5 Å². The van der Waals surface area contributed by atoms with E-state index in [1.165, 1.54) is 45.1 Å². The summed E-state index contributed by atoms with van der Waals surface area (Å²) in [5, 5.41) is 7.15. The summed E-state index contributed by atoms with van der Waals surface area (Å²) in [4.78, 5) is 0. The molecule has 1 aliphatic rings. The van der Waals surface area contributed by atoms with E-state index in [2.05, 4.69) is 17.6 Å². The lowest BCUT2D eigenvalue weighted by atomic mass is 10.1. The normalized spacial score (nSPS) is 22.5. The summed E-state index contributed by atoms with van der Waals surface area (Å²) in [7, 11) is 1.77. The zero-order valence-electron chi connectivity index (χ0n) is 10.9. The van der Waals surface area contributed by atoms with Gasteiger partial charge in [0.2, 0.25) is 0 Å². The maximum absolute atomic E-state index is 5.03. The summed E-state index contributed by atoms with van der Waals surface area (Å²) < 4.78 is 5.03. The molecular weight excluding hydrogens is 200 g/mol. The molecular formula is C13H28N2O. The predicted molar refractivity (Wildman–Crippen MR) is 68.8 cm³/mol. The molecule has 0 radical (unpaired) electrons. The first-order chi connectivity index (χ1) is 7.83. The second kappa shape index (κ2) is 8.97. The van der Waals surface area contributed by atoms with Gasteiger partial charge in [0.1, 0.15) is 0 Å². The third kappa shape index (κ3) is 6.46. The highest BCUT2D eigenvalue weighted by Crippen LogP contribution is 2.10. The fraction of sp³-hybridized carbons (Fsp3) is 1.00. The Kier molecular flexibility index (Phi) is 7.81. The van der Waals surface area contributed by atoms with Crippen molar-refractivity contribution in [2.24, 2.45) is 0 Å². The van der Waals surface area contributed by atoms with Crippen LogP contribution >= 0.6 is 0 Å². The van der Waals surface area contributed by atoms with E-state index in [1.807, 2.05) is 0 Å². The molecule has 3 nitrogen and oxygen atoms in total. The second-order valence-corrected chi connectivity index (χ2v) is 4.94. The molecule has 2 unspecified atom stereocenters. The lowest BCUT2D eigenvalue weighted by molar-refractivity contribution is 0.192. The third-order valence-corrected chi connectivity index (χ3v) is 3.32. The van der Waals surface area contributed by atoms with Crippen LogP contribution in [0, 0.1) is 0 Å². The summed E-state index contributed by atoms with van der Waals surface area (Å²) in [6.07, 6.45) is 7.73. The van der Waals surface area contributed by atoms with Crippen LogP contribution in [0.15, 0.2) is 0 Å². The Morgan fingerprint density at radius 1 is 1.38 bits per heavy atom. The van der Waals surface area contributed by atoms with Gasteiger partial charge in [-0.15, -0.1) is 0 Å². The lowest BCUT2D eigenvalue weighted by Crippen LogP contribution is -2.34. The molecule has 3 heteroatoms. The quantitative estimate of drug-likeness (QED) is 0.592. The highest BCUT2D eigenvalue weighted by Gasteiger charge is 2.16. The van der Waals surface area contributed by atoms with Crippen molar-refractivity contribution in [3.8, 4) is 0 Å². The highest BCUT2D eigenvalue weighted by atomic mass is 16.5. The molecule has 0 spiro atoms. The average Bonchev–Trinajstić information content (AvgIpc) is 2.76. The first-order valence-electron chi connectivity index (χ1n) is 6.78. The Bertz CT molecular complexity index is 158. The third-order valence-electron chi connectivity index (χ3n) is 3.32. The van der Waals surface area contributed by atoms with Crippen LogP contribution in [0.1, 0.15) is 45.4 Å². The van der Waals surface area contributed by atoms with Crippen molar-refractivity contribution in [3.63, 3.8) is 0 Å². The van der Waals surface area contributed by atoms with Gasteiger partial charge in [0.15, 0.2) is 0 Å². The molecule has 1 heterocycles. The van der Waals surface area contributed by atoms with Gasteiger partial charge >= 0.3 is 0 Å². The van der Waals surface area contributed by atoms with Gasteiger partial charge in [-0.3, -0.25) is 0 Å². The van der Waals surface area contributed by atoms with Crippen molar-refractivity contribution in [1.82, 2.24) is 10.6 Å². The summed E-state index contributed by atoms with van der Waals surface area (Å²) in [6.45, 7) is 5.57. The van der Waals surface area contributed by atoms with E-state index in [-0.39, 0.29) is 0 Å². The van der Waals surface area contributed by atoms with Crippen LogP contribution in [0.4, 0.5) is 0 Å². The standard InChI is InChI=1S/C13H28N2O/c1-12(11-13-7-6-9-15-13)14-8-4-3-5-10-16-2/h12-15H,3-11H2,1-2H3. The molecule has 0 aromatic carbocycles. The minimum atomic E-state index is 0.651. The van der Waals surface area contributed by atoms with Crippen LogP contribution in [-0.2, 0) is 4.74 Å². The SMILES string of the molecule is COCCCCCNC(C)CC1CCCN1. The van der Waals surface area contributed by atoms with Crippen LogP contribution in [0.3, 0.4) is 0 Å². The van der Waals surface area contributed by atoms with Gasteiger partial charge < -0.3 is 15.4 Å². The zero-order chi connectivity index (χ0) is 11.6. The Balaban J connectivity index is 1.87. The number of unbranched alkanes of at least 4 members (excludes halogenated alkanes) is 2. The molecule has 1 fully saturated rings. The number of hydrogen-bond donors (Lipinski definition) is 2. The zero-order valence-corrected chi connectivity index (χ0v) is 10.9. The average molecular weight is 228 g/mol. The maximum Gasteiger partial charge on any atom is 0.0462 e. The van der Waals surface area contributed by atoms with E-state index in [4.69, 9.17) is 4.74 Å². The Morgan fingerprint density at radius 2 is 2.25 bits per heavy atom. The minimum Gasteiger partial charge on any atom is -0.385 e. The van der Waals surface area contributed by atoms with Crippen molar-refractivity contribution in [1.29, 1.82) is 0 Å². The van der Waals surface area contributed by atoms with Crippen LogP contribution in [-0.4, -0.2) is 38.9 Å². The minimum absolute atomic E-state index is 0.651. The van der Waals surface area contributed by atoms with E-state index in [9.17, 15) is 0 Å². The van der Waals surface area contributed by atoms with Crippen molar-refractivity contribution in [2.75, 3.05) is 26.8 Å². The molecule has 96 valence electrons. The molecule has 1 aliphatic heterocycles. The largest absolute Gasteiger partial charge is 0.385 e. The fourth-order valence-corrected chi connectivity index (χ4v) is 2.36. The number of methoxy groups -OCH3 is 1. The predicted octanol–water partition coefficient (Wildman–Crippen LogP) is 1.92. The number of ether oxygens (including phenoxy) is 1. The topological polar surface area (TPSA) is 33.3 Å². The molecule has 16 heavy (non-hydrogen) atoms. The summed E-state index contributed by atoms with van der Waals surface area (Å²) in [5.74, 6) is 0. The Morgan fingerprint density at radius 3 is 2.94 bits per heavy atom. The van der Waals surface area contributed by atoms with Crippen molar-refractivity contribution < 1.29 is 4.74 Å². The summed E-state index contributed by atoms with van der Waals surface area (Å²) >= 11 is 0. The maximum atomic E-state index is 5.03. The first kappa shape index (κ1) is 13.9. The Hall–Kier alpha value is -0.120. The monoisotopic (exact) mass is 228 g/mol. The van der Waals surface area contributed by atoms with Crippen molar-refractivity contribution in [3.05, 3.63) is 0 Å². The molecule has 2 atom stereocenters. The van der Waals surface area contributed by atoms with Gasteiger partial charge in [0.05, 0.1) is 0 Å². The molecule has 0 aromatic heterocycles. The summed E-state index contributed by atoms with van der Waals surface area (Å²) in [6, 6.07) is 1.41. The van der Waals surface area contributed by atoms with Gasteiger partial charge in [-0.05, 0) is 58.5 Å². The van der Waals surface area contributed by atoms with E-state index in [0.29, 0.717) is 6.04 Å². The fourth-order valence-electron chi connectivity index (χ4n) is 2.36. The summed E-state index contributed by atoms with van der Waals surface area (Å²) in [5.41, 5.74) is 0. The van der Waals surface area contributed by atoms with Gasteiger partial charge in [-0.25, -0.2) is 0 Å². The van der Waals surface area contributed by atoms with Gasteiger partial charge in [-0.1, -0.05) is 0 Å². The molecule has 0 bridgehead atoms. The Labute approximate surface area is 100 Å². The number of hydrogen-bond acceptors (Lipinski definition) is 3. The molecule has 2 N–H and O–H groups in total. The van der Waals surface area contributed by atoms with Crippen LogP contribution < -0.4 is 10.6 Å². The van der Waals surface area contributed by atoms with E-state index >= 15 is 0 Å². The number of nitrogens with one attached hydrogen (secondary N) is 2. The van der Waals surface area contributed by atoms with Crippen LogP contribution in [0.25, 0.3) is 0 Å². The lowest BCUT2D eigenvalue weighted by Gasteiger charge is -2.18. The van der Waals surface area contributed by atoms with Crippen molar-refractivity contribution >= 4 is 0 Å². The van der Waals surface area contributed by atoms with Gasteiger partial charge in [0, 0.05) is 25.8 Å². The molecule has 0 saturated carbocycles. The molecule has 1 rings (SSSR count). The first-order valence-corrected chi connectivity index (χ1v) is 6.78. The number of rotatable bonds is 9. The van der Waals surface area contributed by atoms with Gasteiger partial charge in [0.25, 0.3) is 0 Å². The van der Waals surface area contributed by atoms with E-state index in [1.54, 1.807) is 7.11 Å². The molecule has 0 amide bonds. The van der Waals surface area contributed by atoms with E-state index in [0.717, 1.165) is 19.2 Å². The highest BCUT2D eigenvalue weighted by molar-refractivity contribution is 4.78. The molecule has 1 saturated heterocycles. The smallest absolute Gasteiger partial charge is 0.0462 e. The van der Waals surface area contributed by atoms with Crippen LogP contribution in [0.2, 0.25) is 0 Å². The van der Waals surface area contributed by atoms with Gasteiger partial charge in [-0.2, -0.15) is 0 Å². The molecule has 0 aliphatic carbocycles. The van der Waals surface area contributed by atoms with Crippen LogP contribution in [0.5, 0.6) is 0 Å².